The molecule has 0 spiro atoms. The van der Waals surface area contributed by atoms with Crippen molar-refractivity contribution in [1.82, 2.24) is 19.9 Å². The number of nitrogens with one attached hydrogen (secondary N) is 2. The first-order valence-corrected chi connectivity index (χ1v) is 5.23. The summed E-state index contributed by atoms with van der Waals surface area (Å²) in [6.45, 7) is 4.37. The standard InChI is InChI=1S/C11H16N4/c1-3-11(2,10-14-6-7-15-10)8-9-12-4-5-13-9/h4-7H,3,8H2,1-2H3,(H,12,13)(H,14,15). The average molecular weight is 204 g/mol. The van der Waals surface area contributed by atoms with Crippen LogP contribution in [0.3, 0.4) is 0 Å². The minimum atomic E-state index is 0.0291. The van der Waals surface area contributed by atoms with Crippen LogP contribution in [0.4, 0.5) is 0 Å². The van der Waals surface area contributed by atoms with Crippen molar-refractivity contribution in [1.29, 1.82) is 0 Å². The molecule has 0 saturated heterocycles. The smallest absolute Gasteiger partial charge is 0.112 e. The largest absolute Gasteiger partial charge is 0.349 e. The molecule has 0 aromatic carbocycles. The number of aromatic nitrogens is 4. The van der Waals surface area contributed by atoms with Crippen molar-refractivity contribution in [3.05, 3.63) is 36.4 Å². The van der Waals surface area contributed by atoms with Crippen LogP contribution in [-0.2, 0) is 11.8 Å². The normalized spacial score (nSPS) is 15.1. The highest BCUT2D eigenvalue weighted by molar-refractivity contribution is 5.10. The summed E-state index contributed by atoms with van der Waals surface area (Å²) in [5, 5.41) is 0. The molecule has 0 fully saturated rings. The van der Waals surface area contributed by atoms with Crippen molar-refractivity contribution < 1.29 is 0 Å². The van der Waals surface area contributed by atoms with E-state index < -0.39 is 0 Å². The summed E-state index contributed by atoms with van der Waals surface area (Å²) < 4.78 is 0. The van der Waals surface area contributed by atoms with E-state index in [9.17, 15) is 0 Å². The van der Waals surface area contributed by atoms with E-state index in [1.165, 1.54) is 0 Å². The van der Waals surface area contributed by atoms with Gasteiger partial charge in [0.15, 0.2) is 0 Å². The highest BCUT2D eigenvalue weighted by atomic mass is 14.9. The molecule has 0 amide bonds. The third-order valence-corrected chi connectivity index (χ3v) is 2.96. The van der Waals surface area contributed by atoms with Crippen LogP contribution in [-0.4, -0.2) is 19.9 Å². The van der Waals surface area contributed by atoms with Gasteiger partial charge in [0.05, 0.1) is 0 Å². The number of aromatic amines is 2. The lowest BCUT2D eigenvalue weighted by Crippen LogP contribution is -2.26. The quantitative estimate of drug-likeness (QED) is 0.800. The fraction of sp³-hybridized carbons (Fsp3) is 0.455. The van der Waals surface area contributed by atoms with Gasteiger partial charge in [0.2, 0.25) is 0 Å². The molecular formula is C11H16N4. The van der Waals surface area contributed by atoms with Gasteiger partial charge >= 0.3 is 0 Å². The van der Waals surface area contributed by atoms with E-state index >= 15 is 0 Å². The molecule has 4 nitrogen and oxygen atoms in total. The lowest BCUT2D eigenvalue weighted by molar-refractivity contribution is 0.419. The molecule has 0 saturated carbocycles. The van der Waals surface area contributed by atoms with Gasteiger partial charge in [0, 0.05) is 36.6 Å². The number of H-pyrrole nitrogens is 2. The molecule has 0 aliphatic rings. The molecule has 80 valence electrons. The van der Waals surface area contributed by atoms with Crippen LogP contribution in [0, 0.1) is 0 Å². The first kappa shape index (κ1) is 9.96. The maximum atomic E-state index is 4.34. The summed E-state index contributed by atoms with van der Waals surface area (Å²) in [4.78, 5) is 14.9. The SMILES string of the molecule is CCC(C)(Cc1ncc[nH]1)c1ncc[nH]1. The van der Waals surface area contributed by atoms with E-state index in [-0.39, 0.29) is 5.41 Å². The lowest BCUT2D eigenvalue weighted by atomic mass is 9.83. The van der Waals surface area contributed by atoms with Crippen molar-refractivity contribution in [2.24, 2.45) is 0 Å². The number of nitrogens with zero attached hydrogens (tertiary/aromatic N) is 2. The monoisotopic (exact) mass is 204 g/mol. The van der Waals surface area contributed by atoms with Crippen molar-refractivity contribution in [3.8, 4) is 0 Å². The predicted octanol–water partition coefficient (Wildman–Crippen LogP) is 2.04. The van der Waals surface area contributed by atoms with Crippen LogP contribution in [0.15, 0.2) is 24.8 Å². The first-order valence-electron chi connectivity index (χ1n) is 5.23. The Balaban J connectivity index is 2.22. The van der Waals surface area contributed by atoms with Crippen LogP contribution in [0.5, 0.6) is 0 Å². The molecule has 1 atom stereocenters. The number of hydrogen-bond acceptors (Lipinski definition) is 2. The Kier molecular flexibility index (Phi) is 2.58. The van der Waals surface area contributed by atoms with Crippen LogP contribution >= 0.6 is 0 Å². The van der Waals surface area contributed by atoms with Crippen LogP contribution in [0.25, 0.3) is 0 Å². The summed E-state index contributed by atoms with van der Waals surface area (Å²) >= 11 is 0. The summed E-state index contributed by atoms with van der Waals surface area (Å²) in [6, 6.07) is 0. The maximum Gasteiger partial charge on any atom is 0.112 e. The molecule has 2 aromatic rings. The Hall–Kier alpha value is -1.58. The van der Waals surface area contributed by atoms with Gasteiger partial charge in [-0.2, -0.15) is 0 Å². The zero-order valence-corrected chi connectivity index (χ0v) is 9.12. The van der Waals surface area contributed by atoms with Gasteiger partial charge in [-0.3, -0.25) is 0 Å². The van der Waals surface area contributed by atoms with Gasteiger partial charge in [0.1, 0.15) is 11.6 Å². The Morgan fingerprint density at radius 3 is 2.47 bits per heavy atom. The first-order chi connectivity index (χ1) is 7.24. The maximum absolute atomic E-state index is 4.34. The number of imidazole rings is 2. The van der Waals surface area contributed by atoms with E-state index in [0.717, 1.165) is 24.5 Å². The molecule has 4 heteroatoms. The minimum Gasteiger partial charge on any atom is -0.349 e. The Morgan fingerprint density at radius 2 is 1.93 bits per heavy atom. The van der Waals surface area contributed by atoms with Gasteiger partial charge in [-0.15, -0.1) is 0 Å². The summed E-state index contributed by atoms with van der Waals surface area (Å²) in [7, 11) is 0. The van der Waals surface area contributed by atoms with E-state index in [0.29, 0.717) is 0 Å². The molecule has 2 N–H and O–H groups in total. The second-order valence-electron chi connectivity index (χ2n) is 4.06. The molecule has 1 unspecified atom stereocenters. The molecular weight excluding hydrogens is 188 g/mol. The molecule has 15 heavy (non-hydrogen) atoms. The minimum absolute atomic E-state index is 0.0291. The number of hydrogen-bond donors (Lipinski definition) is 2. The zero-order valence-electron chi connectivity index (χ0n) is 9.12. The predicted molar refractivity (Wildman–Crippen MR) is 58.5 cm³/mol. The van der Waals surface area contributed by atoms with Gasteiger partial charge in [-0.1, -0.05) is 13.8 Å². The van der Waals surface area contributed by atoms with E-state index in [1.54, 1.807) is 12.4 Å². The Labute approximate surface area is 89.2 Å². The number of rotatable bonds is 4. The highest BCUT2D eigenvalue weighted by Gasteiger charge is 2.28. The van der Waals surface area contributed by atoms with E-state index in [2.05, 4.69) is 33.8 Å². The fourth-order valence-electron chi connectivity index (χ4n) is 1.74. The second-order valence-corrected chi connectivity index (χ2v) is 4.06. The van der Waals surface area contributed by atoms with Gasteiger partial charge in [0.25, 0.3) is 0 Å². The Bertz CT molecular complexity index is 390. The third-order valence-electron chi connectivity index (χ3n) is 2.96. The zero-order chi connectivity index (χ0) is 10.7. The highest BCUT2D eigenvalue weighted by Crippen LogP contribution is 2.27. The van der Waals surface area contributed by atoms with Crippen LogP contribution in [0.2, 0.25) is 0 Å². The molecule has 0 aliphatic carbocycles. The van der Waals surface area contributed by atoms with Crippen molar-refractivity contribution in [2.75, 3.05) is 0 Å². The van der Waals surface area contributed by atoms with Crippen molar-refractivity contribution in [2.45, 2.75) is 32.1 Å². The van der Waals surface area contributed by atoms with E-state index in [4.69, 9.17) is 0 Å². The lowest BCUT2D eigenvalue weighted by Gasteiger charge is -2.24. The topological polar surface area (TPSA) is 57.4 Å². The van der Waals surface area contributed by atoms with Crippen molar-refractivity contribution in [3.63, 3.8) is 0 Å². The molecule has 0 bridgehead atoms. The van der Waals surface area contributed by atoms with Crippen LogP contribution < -0.4 is 0 Å². The summed E-state index contributed by atoms with van der Waals surface area (Å²) in [5.74, 6) is 2.04. The summed E-state index contributed by atoms with van der Waals surface area (Å²) in [6.07, 6.45) is 9.21. The molecule has 0 radical (unpaired) electrons. The molecule has 0 aliphatic heterocycles. The van der Waals surface area contributed by atoms with Gasteiger partial charge < -0.3 is 9.97 Å². The van der Waals surface area contributed by atoms with Gasteiger partial charge in [-0.25, -0.2) is 9.97 Å². The molecule has 2 aromatic heterocycles. The van der Waals surface area contributed by atoms with E-state index in [1.807, 2.05) is 12.4 Å². The van der Waals surface area contributed by atoms with Gasteiger partial charge in [-0.05, 0) is 6.42 Å². The second kappa shape index (κ2) is 3.88. The van der Waals surface area contributed by atoms with Crippen LogP contribution in [0.1, 0.15) is 31.9 Å². The third kappa shape index (κ3) is 1.93. The molecule has 2 heterocycles. The molecule has 2 rings (SSSR count). The fourth-order valence-corrected chi connectivity index (χ4v) is 1.74. The average Bonchev–Trinajstić information content (AvgIpc) is 2.89. The summed E-state index contributed by atoms with van der Waals surface area (Å²) in [5.41, 5.74) is 0.0291. The Morgan fingerprint density at radius 1 is 1.20 bits per heavy atom. The van der Waals surface area contributed by atoms with Crippen molar-refractivity contribution >= 4 is 0 Å².